The first-order chi connectivity index (χ1) is 8.29. The van der Waals surface area contributed by atoms with Crippen molar-refractivity contribution in [3.05, 3.63) is 18.2 Å². The Labute approximate surface area is 103 Å². The number of unbranched alkanes of at least 4 members (excludes halogenated alkanes) is 1. The number of anilines is 1. The Morgan fingerprint density at radius 3 is 2.59 bits per heavy atom. The summed E-state index contributed by atoms with van der Waals surface area (Å²) in [6.45, 7) is 4.00. The molecule has 1 rings (SSSR count). The summed E-state index contributed by atoms with van der Waals surface area (Å²) in [6.07, 6.45) is 2.23. The smallest absolute Gasteiger partial charge is 0.146 e. The molecule has 0 aromatic heterocycles. The summed E-state index contributed by atoms with van der Waals surface area (Å²) in [5.41, 5.74) is 6.40. The van der Waals surface area contributed by atoms with E-state index in [2.05, 4.69) is 6.92 Å². The molecule has 0 spiro atoms. The first-order valence-electron chi connectivity index (χ1n) is 5.92. The van der Waals surface area contributed by atoms with E-state index >= 15 is 0 Å². The standard InChI is InChI=1S/C13H21NO3/c1-3-4-8-16-9-10-17-12-7-5-6-11(15-2)13(12)14/h5-7H,3-4,8-10,14H2,1-2H3. The van der Waals surface area contributed by atoms with Gasteiger partial charge >= 0.3 is 0 Å². The largest absolute Gasteiger partial charge is 0.494 e. The highest BCUT2D eigenvalue weighted by atomic mass is 16.5. The van der Waals surface area contributed by atoms with E-state index in [4.69, 9.17) is 19.9 Å². The van der Waals surface area contributed by atoms with Crippen LogP contribution >= 0.6 is 0 Å². The number of nitrogen functional groups attached to an aromatic ring is 1. The summed E-state index contributed by atoms with van der Waals surface area (Å²) in [5, 5.41) is 0. The number of methoxy groups -OCH3 is 1. The van der Waals surface area contributed by atoms with Crippen molar-refractivity contribution in [2.75, 3.05) is 32.7 Å². The van der Waals surface area contributed by atoms with E-state index in [1.807, 2.05) is 12.1 Å². The molecule has 0 amide bonds. The molecule has 0 bridgehead atoms. The molecule has 0 aliphatic carbocycles. The third kappa shape index (κ3) is 4.53. The van der Waals surface area contributed by atoms with Gasteiger partial charge in [-0.2, -0.15) is 0 Å². The van der Waals surface area contributed by atoms with E-state index in [-0.39, 0.29) is 0 Å². The fourth-order valence-electron chi connectivity index (χ4n) is 1.39. The van der Waals surface area contributed by atoms with Gasteiger partial charge in [-0.15, -0.1) is 0 Å². The SMILES string of the molecule is CCCCOCCOc1cccc(OC)c1N. The quantitative estimate of drug-likeness (QED) is 0.559. The molecule has 4 nitrogen and oxygen atoms in total. The van der Waals surface area contributed by atoms with E-state index in [1.54, 1.807) is 13.2 Å². The predicted molar refractivity (Wildman–Crippen MR) is 68.6 cm³/mol. The van der Waals surface area contributed by atoms with Crippen molar-refractivity contribution in [1.29, 1.82) is 0 Å². The molecule has 0 radical (unpaired) electrons. The first-order valence-corrected chi connectivity index (χ1v) is 5.92. The maximum Gasteiger partial charge on any atom is 0.146 e. The number of hydrogen-bond donors (Lipinski definition) is 1. The fourth-order valence-corrected chi connectivity index (χ4v) is 1.39. The van der Waals surface area contributed by atoms with Gasteiger partial charge in [0.15, 0.2) is 0 Å². The lowest BCUT2D eigenvalue weighted by Gasteiger charge is -2.11. The van der Waals surface area contributed by atoms with Gasteiger partial charge in [0.2, 0.25) is 0 Å². The van der Waals surface area contributed by atoms with E-state index in [0.29, 0.717) is 30.4 Å². The monoisotopic (exact) mass is 239 g/mol. The molecule has 0 saturated carbocycles. The highest BCUT2D eigenvalue weighted by Crippen LogP contribution is 2.30. The van der Waals surface area contributed by atoms with Crippen LogP contribution < -0.4 is 15.2 Å². The van der Waals surface area contributed by atoms with E-state index < -0.39 is 0 Å². The lowest BCUT2D eigenvalue weighted by atomic mass is 10.3. The predicted octanol–water partition coefficient (Wildman–Crippen LogP) is 2.47. The number of benzene rings is 1. The van der Waals surface area contributed by atoms with Gasteiger partial charge in [0.25, 0.3) is 0 Å². The minimum Gasteiger partial charge on any atom is -0.494 e. The Kier molecular flexibility index (Phi) is 6.25. The summed E-state index contributed by atoms with van der Waals surface area (Å²) in [6, 6.07) is 5.48. The van der Waals surface area contributed by atoms with E-state index in [0.717, 1.165) is 19.4 Å². The third-order valence-corrected chi connectivity index (χ3v) is 2.37. The Hall–Kier alpha value is -1.42. The highest BCUT2D eigenvalue weighted by Gasteiger charge is 2.05. The molecule has 0 saturated heterocycles. The Bertz CT molecular complexity index is 328. The zero-order chi connectivity index (χ0) is 12.5. The lowest BCUT2D eigenvalue weighted by Crippen LogP contribution is -2.08. The maximum absolute atomic E-state index is 5.87. The molecule has 4 heteroatoms. The molecule has 1 aromatic rings. The van der Waals surface area contributed by atoms with Crippen LogP contribution in [0.5, 0.6) is 11.5 Å². The van der Waals surface area contributed by atoms with Crippen LogP contribution in [0.4, 0.5) is 5.69 Å². The Morgan fingerprint density at radius 1 is 1.12 bits per heavy atom. The van der Waals surface area contributed by atoms with Crippen molar-refractivity contribution in [2.45, 2.75) is 19.8 Å². The van der Waals surface area contributed by atoms with Gasteiger partial charge in [0, 0.05) is 6.61 Å². The molecular formula is C13H21NO3. The zero-order valence-corrected chi connectivity index (χ0v) is 10.6. The van der Waals surface area contributed by atoms with Crippen molar-refractivity contribution in [1.82, 2.24) is 0 Å². The van der Waals surface area contributed by atoms with Crippen molar-refractivity contribution >= 4 is 5.69 Å². The molecular weight excluding hydrogens is 218 g/mol. The summed E-state index contributed by atoms with van der Waals surface area (Å²) in [7, 11) is 1.59. The fraction of sp³-hybridized carbons (Fsp3) is 0.538. The van der Waals surface area contributed by atoms with Crippen molar-refractivity contribution in [2.24, 2.45) is 0 Å². The third-order valence-electron chi connectivity index (χ3n) is 2.37. The summed E-state index contributed by atoms with van der Waals surface area (Å²) in [5.74, 6) is 1.28. The second kappa shape index (κ2) is 7.79. The molecule has 0 aliphatic heterocycles. The number of hydrogen-bond acceptors (Lipinski definition) is 4. The molecule has 0 atom stereocenters. The van der Waals surface area contributed by atoms with Crippen molar-refractivity contribution in [3.63, 3.8) is 0 Å². The second-order valence-electron chi connectivity index (χ2n) is 3.69. The molecule has 96 valence electrons. The molecule has 0 unspecified atom stereocenters. The van der Waals surface area contributed by atoms with Crippen LogP contribution in [0.2, 0.25) is 0 Å². The van der Waals surface area contributed by atoms with Crippen LogP contribution in [-0.4, -0.2) is 26.9 Å². The molecule has 1 aromatic carbocycles. The van der Waals surface area contributed by atoms with Crippen LogP contribution in [-0.2, 0) is 4.74 Å². The normalized spacial score (nSPS) is 10.2. The maximum atomic E-state index is 5.87. The zero-order valence-electron chi connectivity index (χ0n) is 10.6. The summed E-state index contributed by atoms with van der Waals surface area (Å²) >= 11 is 0. The van der Waals surface area contributed by atoms with Crippen molar-refractivity contribution < 1.29 is 14.2 Å². The Morgan fingerprint density at radius 2 is 1.88 bits per heavy atom. The number of para-hydroxylation sites is 1. The van der Waals surface area contributed by atoms with Gasteiger partial charge in [-0.05, 0) is 18.6 Å². The van der Waals surface area contributed by atoms with Gasteiger partial charge in [0.05, 0.1) is 13.7 Å². The highest BCUT2D eigenvalue weighted by molar-refractivity contribution is 5.62. The average molecular weight is 239 g/mol. The van der Waals surface area contributed by atoms with E-state index in [9.17, 15) is 0 Å². The molecule has 17 heavy (non-hydrogen) atoms. The summed E-state index contributed by atoms with van der Waals surface area (Å²) < 4.78 is 16.0. The first kappa shape index (κ1) is 13.6. The Balaban J connectivity index is 2.31. The van der Waals surface area contributed by atoms with Gasteiger partial charge < -0.3 is 19.9 Å². The van der Waals surface area contributed by atoms with Gasteiger partial charge in [-0.1, -0.05) is 19.4 Å². The van der Waals surface area contributed by atoms with Gasteiger partial charge in [-0.25, -0.2) is 0 Å². The van der Waals surface area contributed by atoms with Crippen LogP contribution in [0.1, 0.15) is 19.8 Å². The second-order valence-corrected chi connectivity index (χ2v) is 3.69. The van der Waals surface area contributed by atoms with Crippen molar-refractivity contribution in [3.8, 4) is 11.5 Å². The molecule has 2 N–H and O–H groups in total. The van der Waals surface area contributed by atoms with Crippen LogP contribution in [0.15, 0.2) is 18.2 Å². The van der Waals surface area contributed by atoms with E-state index in [1.165, 1.54) is 0 Å². The molecule has 0 heterocycles. The molecule has 0 aliphatic rings. The minimum atomic E-state index is 0.501. The van der Waals surface area contributed by atoms with Crippen LogP contribution in [0, 0.1) is 0 Å². The minimum absolute atomic E-state index is 0.501. The van der Waals surface area contributed by atoms with Crippen LogP contribution in [0.3, 0.4) is 0 Å². The van der Waals surface area contributed by atoms with Crippen LogP contribution in [0.25, 0.3) is 0 Å². The number of ether oxygens (including phenoxy) is 3. The molecule has 0 fully saturated rings. The lowest BCUT2D eigenvalue weighted by molar-refractivity contribution is 0.0982. The summed E-state index contributed by atoms with van der Waals surface area (Å²) in [4.78, 5) is 0. The van der Waals surface area contributed by atoms with Gasteiger partial charge in [0.1, 0.15) is 23.8 Å². The number of nitrogens with two attached hydrogens (primary N) is 1. The average Bonchev–Trinajstić information content (AvgIpc) is 2.35. The topological polar surface area (TPSA) is 53.7 Å². The number of rotatable bonds is 8. The van der Waals surface area contributed by atoms with Gasteiger partial charge in [-0.3, -0.25) is 0 Å².